The highest BCUT2D eigenvalue weighted by molar-refractivity contribution is 7.89. The maximum Gasteiger partial charge on any atom is 0.434 e. The van der Waals surface area contributed by atoms with Gasteiger partial charge in [0.2, 0.25) is 10.0 Å². The third-order valence-corrected chi connectivity index (χ3v) is 5.55. The Bertz CT molecular complexity index is 1150. The van der Waals surface area contributed by atoms with Gasteiger partial charge in [-0.15, -0.1) is 5.10 Å². The number of nitrogens with zero attached hydrogens (tertiary/aromatic N) is 1. The van der Waals surface area contributed by atoms with Crippen LogP contribution in [-0.2, 0) is 29.5 Å². The molecule has 0 unspecified atom stereocenters. The van der Waals surface area contributed by atoms with E-state index in [0.29, 0.717) is 30.1 Å². The van der Waals surface area contributed by atoms with Crippen molar-refractivity contribution in [2.24, 2.45) is 5.14 Å². The van der Waals surface area contributed by atoms with Crippen LogP contribution < -0.4 is 15.6 Å². The van der Waals surface area contributed by atoms with Crippen molar-refractivity contribution >= 4 is 10.0 Å². The number of aryl methyl sites for hydroxylation is 2. The van der Waals surface area contributed by atoms with Crippen molar-refractivity contribution in [3.05, 3.63) is 75.6 Å². The number of benzene rings is 2. The lowest BCUT2D eigenvalue weighted by atomic mass is 9.98. The number of nitrogens with two attached hydrogens (primary N) is 1. The lowest BCUT2D eigenvalue weighted by molar-refractivity contribution is 0.257. The van der Waals surface area contributed by atoms with Crippen molar-refractivity contribution in [3.8, 4) is 5.75 Å². The average Bonchev–Trinajstić information content (AvgIpc) is 3.09. The first-order valence-corrected chi connectivity index (χ1v) is 10.7. The molecule has 8 nitrogen and oxygen atoms in total. The summed E-state index contributed by atoms with van der Waals surface area (Å²) in [5, 5.41) is 11.3. The van der Waals surface area contributed by atoms with Gasteiger partial charge in [-0.25, -0.2) is 23.4 Å². The third-order valence-electron chi connectivity index (χ3n) is 4.53. The van der Waals surface area contributed by atoms with Gasteiger partial charge in [0.25, 0.3) is 5.89 Å². The molecule has 3 N–H and O–H groups in total. The molecule has 0 fully saturated rings. The van der Waals surface area contributed by atoms with E-state index in [1.165, 1.54) is 6.07 Å². The van der Waals surface area contributed by atoms with Crippen molar-refractivity contribution in [2.45, 2.75) is 44.1 Å². The molecule has 9 heteroatoms. The van der Waals surface area contributed by atoms with Gasteiger partial charge in [-0.1, -0.05) is 44.2 Å². The largest absolute Gasteiger partial charge is 0.484 e. The monoisotopic (exact) mass is 417 g/mol. The van der Waals surface area contributed by atoms with Gasteiger partial charge in [0.1, 0.15) is 5.75 Å². The Kier molecular flexibility index (Phi) is 6.19. The van der Waals surface area contributed by atoms with Crippen molar-refractivity contribution in [1.82, 2.24) is 10.2 Å². The van der Waals surface area contributed by atoms with Gasteiger partial charge < -0.3 is 9.15 Å². The Morgan fingerprint density at radius 3 is 2.52 bits per heavy atom. The first kappa shape index (κ1) is 20.8. The number of aromatic amines is 1. The number of H-pyrrole nitrogens is 1. The second-order valence-electron chi connectivity index (χ2n) is 6.97. The summed E-state index contributed by atoms with van der Waals surface area (Å²) in [4.78, 5) is 11.2. The molecule has 0 spiro atoms. The molecule has 3 rings (SSSR count). The van der Waals surface area contributed by atoms with Crippen LogP contribution in [0.25, 0.3) is 0 Å². The fourth-order valence-electron chi connectivity index (χ4n) is 2.99. The zero-order chi connectivity index (χ0) is 21.0. The SMILES string of the molecule is CC(C)c1ccc(CCc2ccccc2S(N)(=O)=O)c(OCc2n[nH]c(=O)o2)c1. The number of hydrogen-bond acceptors (Lipinski definition) is 6. The number of primary sulfonamides is 1. The molecule has 1 aromatic heterocycles. The maximum absolute atomic E-state index is 11.8. The molecular formula is C20H23N3O5S. The second kappa shape index (κ2) is 8.62. The molecule has 0 amide bonds. The maximum atomic E-state index is 11.8. The van der Waals surface area contributed by atoms with Gasteiger partial charge in [-0.3, -0.25) is 0 Å². The zero-order valence-electron chi connectivity index (χ0n) is 16.2. The fraction of sp³-hybridized carbons (Fsp3) is 0.300. The van der Waals surface area contributed by atoms with Gasteiger partial charge in [-0.2, -0.15) is 0 Å². The zero-order valence-corrected chi connectivity index (χ0v) is 17.0. The second-order valence-corrected chi connectivity index (χ2v) is 8.50. The summed E-state index contributed by atoms with van der Waals surface area (Å²) in [5.74, 6) is 0.447. The van der Waals surface area contributed by atoms with Gasteiger partial charge in [0.05, 0.1) is 4.90 Å². The van der Waals surface area contributed by atoms with Crippen LogP contribution in [0.2, 0.25) is 0 Å². The summed E-state index contributed by atoms with van der Waals surface area (Å²) in [5.41, 5.74) is 2.64. The highest BCUT2D eigenvalue weighted by atomic mass is 32.2. The van der Waals surface area contributed by atoms with Crippen molar-refractivity contribution < 1.29 is 17.6 Å². The van der Waals surface area contributed by atoms with E-state index in [-0.39, 0.29) is 17.4 Å². The summed E-state index contributed by atoms with van der Waals surface area (Å²) in [6.07, 6.45) is 1.02. The van der Waals surface area contributed by atoms with E-state index in [4.69, 9.17) is 14.3 Å². The van der Waals surface area contributed by atoms with Gasteiger partial charge in [-0.05, 0) is 47.6 Å². The number of aromatic nitrogens is 2. The predicted octanol–water partition coefficient (Wildman–Crippen LogP) is 2.50. The first-order chi connectivity index (χ1) is 13.7. The van der Waals surface area contributed by atoms with Crippen molar-refractivity contribution in [1.29, 1.82) is 0 Å². The smallest absolute Gasteiger partial charge is 0.434 e. The quantitative estimate of drug-likeness (QED) is 0.579. The minimum Gasteiger partial charge on any atom is -0.484 e. The molecule has 0 aliphatic rings. The Morgan fingerprint density at radius 1 is 1.14 bits per heavy atom. The summed E-state index contributed by atoms with van der Waals surface area (Å²) < 4.78 is 34.4. The Balaban J connectivity index is 1.84. The average molecular weight is 417 g/mol. The van der Waals surface area contributed by atoms with E-state index in [0.717, 1.165) is 11.1 Å². The van der Waals surface area contributed by atoms with Gasteiger partial charge in [0.15, 0.2) is 6.61 Å². The van der Waals surface area contributed by atoms with E-state index in [1.54, 1.807) is 18.2 Å². The number of hydrogen-bond donors (Lipinski definition) is 2. The van der Waals surface area contributed by atoms with Gasteiger partial charge in [0, 0.05) is 0 Å². The molecule has 0 saturated carbocycles. The normalized spacial score (nSPS) is 11.7. The minimum absolute atomic E-state index is 0.00105. The number of nitrogens with one attached hydrogen (secondary N) is 1. The topological polar surface area (TPSA) is 128 Å². The van der Waals surface area contributed by atoms with Crippen LogP contribution in [0.4, 0.5) is 0 Å². The molecule has 2 aromatic carbocycles. The Morgan fingerprint density at radius 2 is 1.86 bits per heavy atom. The highest BCUT2D eigenvalue weighted by Gasteiger charge is 2.15. The predicted molar refractivity (Wildman–Crippen MR) is 107 cm³/mol. The molecule has 0 aliphatic heterocycles. The van der Waals surface area contributed by atoms with Crippen LogP contribution in [0.15, 0.2) is 56.6 Å². The Labute approximate surface area is 168 Å². The van der Waals surface area contributed by atoms with E-state index < -0.39 is 15.8 Å². The molecule has 154 valence electrons. The minimum atomic E-state index is -3.79. The van der Waals surface area contributed by atoms with E-state index in [9.17, 15) is 13.2 Å². The van der Waals surface area contributed by atoms with Crippen LogP contribution in [0.5, 0.6) is 5.75 Å². The number of rotatable bonds is 8. The molecule has 0 aliphatic carbocycles. The van der Waals surface area contributed by atoms with Crippen LogP contribution in [0.1, 0.15) is 42.3 Å². The van der Waals surface area contributed by atoms with Crippen LogP contribution in [0, 0.1) is 0 Å². The molecule has 3 aromatic rings. The Hall–Kier alpha value is -2.91. The highest BCUT2D eigenvalue weighted by Crippen LogP contribution is 2.27. The fourth-order valence-corrected chi connectivity index (χ4v) is 3.79. The molecule has 0 bridgehead atoms. The third kappa shape index (κ3) is 5.33. The van der Waals surface area contributed by atoms with Crippen LogP contribution >= 0.6 is 0 Å². The van der Waals surface area contributed by atoms with E-state index in [2.05, 4.69) is 24.0 Å². The standard InChI is InChI=1S/C20H23N3O5S/c1-13(2)16-10-8-14(17(11-16)27-12-19-22-23-20(24)28-19)7-9-15-5-3-4-6-18(15)29(21,25)26/h3-6,8,10-11,13H,7,9,12H2,1-2H3,(H,23,24)(H2,21,25,26). The summed E-state index contributed by atoms with van der Waals surface area (Å²) >= 11 is 0. The van der Waals surface area contributed by atoms with Gasteiger partial charge >= 0.3 is 5.76 Å². The molecule has 0 radical (unpaired) electrons. The van der Waals surface area contributed by atoms with Crippen molar-refractivity contribution in [3.63, 3.8) is 0 Å². The van der Waals surface area contributed by atoms with Crippen LogP contribution in [0.3, 0.4) is 0 Å². The molecular weight excluding hydrogens is 394 g/mol. The molecule has 1 heterocycles. The van der Waals surface area contributed by atoms with E-state index in [1.807, 2.05) is 18.2 Å². The van der Waals surface area contributed by atoms with Crippen molar-refractivity contribution in [2.75, 3.05) is 0 Å². The number of ether oxygens (including phenoxy) is 1. The first-order valence-electron chi connectivity index (χ1n) is 9.14. The summed E-state index contributed by atoms with van der Waals surface area (Å²) in [6, 6.07) is 12.6. The lowest BCUT2D eigenvalue weighted by Gasteiger charge is -2.15. The summed E-state index contributed by atoms with van der Waals surface area (Å²) in [7, 11) is -3.79. The lowest BCUT2D eigenvalue weighted by Crippen LogP contribution is -2.14. The van der Waals surface area contributed by atoms with E-state index >= 15 is 0 Å². The molecule has 0 saturated heterocycles. The number of sulfonamides is 1. The van der Waals surface area contributed by atoms with Crippen LogP contribution in [-0.4, -0.2) is 18.6 Å². The molecule has 29 heavy (non-hydrogen) atoms. The summed E-state index contributed by atoms with van der Waals surface area (Å²) in [6.45, 7) is 4.16. The molecule has 0 atom stereocenters.